The van der Waals surface area contributed by atoms with Gasteiger partial charge in [0.2, 0.25) is 0 Å². The second kappa shape index (κ2) is 5.25. The molecule has 0 heterocycles. The summed E-state index contributed by atoms with van der Waals surface area (Å²) in [6.07, 6.45) is 10.1. The van der Waals surface area contributed by atoms with E-state index in [1.165, 1.54) is 30.4 Å². The largest absolute Gasteiger partial charge is 0.481 e. The molecule has 2 saturated carbocycles. The summed E-state index contributed by atoms with van der Waals surface area (Å²) >= 11 is 0. The summed E-state index contributed by atoms with van der Waals surface area (Å²) in [5.41, 5.74) is 4.23. The number of allylic oxidation sites excluding steroid dienone is 4. The molecule has 0 aromatic heterocycles. The molecule has 2 heteroatoms. The molecule has 3 aliphatic carbocycles. The lowest BCUT2D eigenvalue weighted by atomic mass is 9.46. The van der Waals surface area contributed by atoms with Crippen LogP contribution in [0.4, 0.5) is 0 Å². The molecule has 2 fully saturated rings. The molecule has 0 saturated heterocycles. The molecule has 22 heavy (non-hydrogen) atoms. The molecular weight excluding hydrogens is 272 g/mol. The summed E-state index contributed by atoms with van der Waals surface area (Å²) in [4.78, 5) is 12.0. The van der Waals surface area contributed by atoms with Crippen LogP contribution in [0.2, 0.25) is 0 Å². The number of carboxylic acids is 1. The minimum Gasteiger partial charge on any atom is -0.481 e. The molecule has 0 amide bonds. The van der Waals surface area contributed by atoms with Crippen LogP contribution in [-0.4, -0.2) is 11.1 Å². The first-order valence-corrected chi connectivity index (χ1v) is 8.89. The zero-order chi connectivity index (χ0) is 16.1. The van der Waals surface area contributed by atoms with Gasteiger partial charge in [0.05, 0.1) is 5.41 Å². The van der Waals surface area contributed by atoms with Gasteiger partial charge in [-0.25, -0.2) is 0 Å². The third kappa shape index (κ3) is 2.18. The Hall–Kier alpha value is -1.05. The molecule has 0 spiro atoms. The summed E-state index contributed by atoms with van der Waals surface area (Å²) in [7, 11) is 0. The minimum absolute atomic E-state index is 0.183. The van der Waals surface area contributed by atoms with E-state index in [1.807, 2.05) is 6.92 Å². The normalized spacial score (nSPS) is 41.3. The molecule has 3 rings (SSSR count). The summed E-state index contributed by atoms with van der Waals surface area (Å²) in [5, 5.41) is 9.84. The van der Waals surface area contributed by atoms with Crippen molar-refractivity contribution in [1.82, 2.24) is 0 Å². The zero-order valence-electron chi connectivity index (χ0n) is 14.5. The lowest BCUT2D eigenvalue weighted by molar-refractivity contribution is -0.164. The van der Waals surface area contributed by atoms with E-state index >= 15 is 0 Å². The predicted octanol–water partition coefficient (Wildman–Crippen LogP) is 5.35. The summed E-state index contributed by atoms with van der Waals surface area (Å²) in [5.74, 6) is 0.367. The van der Waals surface area contributed by atoms with Gasteiger partial charge in [0.25, 0.3) is 0 Å². The third-order valence-corrected chi connectivity index (χ3v) is 7.13. The molecule has 2 nitrogen and oxygen atoms in total. The monoisotopic (exact) mass is 302 g/mol. The van der Waals surface area contributed by atoms with E-state index in [9.17, 15) is 9.90 Å². The van der Waals surface area contributed by atoms with Gasteiger partial charge in [-0.1, -0.05) is 30.6 Å². The first-order chi connectivity index (χ1) is 10.3. The van der Waals surface area contributed by atoms with Crippen LogP contribution in [0.15, 0.2) is 22.8 Å². The van der Waals surface area contributed by atoms with Crippen LogP contribution in [0, 0.1) is 22.7 Å². The topological polar surface area (TPSA) is 37.3 Å². The minimum atomic E-state index is -0.573. The fraction of sp³-hybridized carbons (Fsp3) is 0.750. The highest BCUT2D eigenvalue weighted by molar-refractivity contribution is 5.75. The van der Waals surface area contributed by atoms with E-state index in [4.69, 9.17) is 0 Å². The number of rotatable bonds is 1. The van der Waals surface area contributed by atoms with Crippen LogP contribution < -0.4 is 0 Å². The SMILES string of the molecule is CC(C)=C1C=C2CC[C@H]3[C@](C)(CCC[C@@]3(C)C(=O)O)[C@H]2CC1. The summed E-state index contributed by atoms with van der Waals surface area (Å²) < 4.78 is 0. The molecule has 3 aliphatic rings. The maximum atomic E-state index is 12.0. The predicted molar refractivity (Wildman–Crippen MR) is 89.6 cm³/mol. The van der Waals surface area contributed by atoms with Crippen molar-refractivity contribution < 1.29 is 9.90 Å². The molecule has 0 aromatic rings. The van der Waals surface area contributed by atoms with E-state index < -0.39 is 11.4 Å². The molecule has 0 bridgehead atoms. The Labute approximate surface area is 134 Å². The lowest BCUT2D eigenvalue weighted by Gasteiger charge is -2.58. The number of hydrogen-bond donors (Lipinski definition) is 1. The van der Waals surface area contributed by atoms with Crippen molar-refractivity contribution in [2.24, 2.45) is 22.7 Å². The van der Waals surface area contributed by atoms with Gasteiger partial charge in [-0.2, -0.15) is 0 Å². The average Bonchev–Trinajstić information content (AvgIpc) is 2.46. The maximum absolute atomic E-state index is 12.0. The van der Waals surface area contributed by atoms with Gasteiger partial charge in [-0.3, -0.25) is 4.79 Å². The molecule has 0 aliphatic heterocycles. The molecule has 0 unspecified atom stereocenters. The average molecular weight is 302 g/mol. The van der Waals surface area contributed by atoms with Crippen molar-refractivity contribution in [3.05, 3.63) is 22.8 Å². The summed E-state index contributed by atoms with van der Waals surface area (Å²) in [6, 6.07) is 0. The fourth-order valence-corrected chi connectivity index (χ4v) is 5.82. The molecule has 1 N–H and O–H groups in total. The summed E-state index contributed by atoms with van der Waals surface area (Å²) in [6.45, 7) is 8.82. The van der Waals surface area contributed by atoms with Crippen molar-refractivity contribution in [2.75, 3.05) is 0 Å². The van der Waals surface area contributed by atoms with E-state index in [-0.39, 0.29) is 5.41 Å². The standard InChI is InChI=1S/C20H30O2/c1-13(2)14-6-8-16-15(12-14)7-9-17-19(16,3)10-5-11-20(17,4)18(21)22/h12,16-17H,5-11H2,1-4H3,(H,21,22)/t16-,17-,19+,20+/m0/s1. The van der Waals surface area contributed by atoms with Crippen molar-refractivity contribution in [2.45, 2.75) is 72.6 Å². The second-order valence-electron chi connectivity index (χ2n) is 8.51. The van der Waals surface area contributed by atoms with Gasteiger partial charge >= 0.3 is 5.97 Å². The third-order valence-electron chi connectivity index (χ3n) is 7.13. The Balaban J connectivity index is 1.99. The van der Waals surface area contributed by atoms with Gasteiger partial charge in [-0.15, -0.1) is 0 Å². The van der Waals surface area contributed by atoms with Gasteiger partial charge in [0, 0.05) is 0 Å². The van der Waals surface area contributed by atoms with Gasteiger partial charge in [0.1, 0.15) is 0 Å². The Morgan fingerprint density at radius 2 is 1.91 bits per heavy atom. The first-order valence-electron chi connectivity index (χ1n) is 8.89. The van der Waals surface area contributed by atoms with Crippen LogP contribution >= 0.6 is 0 Å². The molecular formula is C20H30O2. The number of carbonyl (C=O) groups is 1. The van der Waals surface area contributed by atoms with Crippen LogP contribution in [0.3, 0.4) is 0 Å². The Kier molecular flexibility index (Phi) is 3.78. The van der Waals surface area contributed by atoms with E-state index in [1.54, 1.807) is 5.57 Å². The number of carboxylic acid groups (broad SMARTS) is 1. The Morgan fingerprint density at radius 3 is 2.55 bits per heavy atom. The highest BCUT2D eigenvalue weighted by atomic mass is 16.4. The highest BCUT2D eigenvalue weighted by Gasteiger charge is 2.57. The van der Waals surface area contributed by atoms with Crippen molar-refractivity contribution in [3.8, 4) is 0 Å². The smallest absolute Gasteiger partial charge is 0.309 e. The number of aliphatic carboxylic acids is 1. The maximum Gasteiger partial charge on any atom is 0.309 e. The van der Waals surface area contributed by atoms with Gasteiger partial charge in [-0.05, 0) is 82.1 Å². The Morgan fingerprint density at radius 1 is 1.18 bits per heavy atom. The van der Waals surface area contributed by atoms with Crippen LogP contribution in [-0.2, 0) is 4.79 Å². The quantitative estimate of drug-likeness (QED) is 0.709. The number of fused-ring (bicyclic) bond motifs is 3. The highest BCUT2D eigenvalue weighted by Crippen LogP contribution is 2.63. The molecule has 0 radical (unpaired) electrons. The number of hydrogen-bond acceptors (Lipinski definition) is 1. The molecule has 0 aromatic carbocycles. The van der Waals surface area contributed by atoms with Crippen LogP contribution in [0.1, 0.15) is 72.6 Å². The van der Waals surface area contributed by atoms with Crippen molar-refractivity contribution >= 4 is 5.97 Å². The van der Waals surface area contributed by atoms with Crippen molar-refractivity contribution in [3.63, 3.8) is 0 Å². The van der Waals surface area contributed by atoms with E-state index in [0.29, 0.717) is 11.8 Å². The van der Waals surface area contributed by atoms with Gasteiger partial charge < -0.3 is 5.11 Å². The fourth-order valence-electron chi connectivity index (χ4n) is 5.82. The lowest BCUT2D eigenvalue weighted by Crippen LogP contribution is -2.53. The molecule has 4 atom stereocenters. The van der Waals surface area contributed by atoms with E-state index in [2.05, 4.69) is 26.8 Å². The molecule has 122 valence electrons. The van der Waals surface area contributed by atoms with E-state index in [0.717, 1.165) is 25.7 Å². The zero-order valence-corrected chi connectivity index (χ0v) is 14.5. The first kappa shape index (κ1) is 15.8. The van der Waals surface area contributed by atoms with Crippen molar-refractivity contribution in [1.29, 1.82) is 0 Å². The second-order valence-corrected chi connectivity index (χ2v) is 8.51. The Bertz CT molecular complexity index is 552. The van der Waals surface area contributed by atoms with Crippen LogP contribution in [0.25, 0.3) is 0 Å². The van der Waals surface area contributed by atoms with Gasteiger partial charge in [0.15, 0.2) is 0 Å². The van der Waals surface area contributed by atoms with Crippen LogP contribution in [0.5, 0.6) is 0 Å².